The molecule has 0 unspecified atom stereocenters. The van der Waals surface area contributed by atoms with Gasteiger partial charge in [0.2, 0.25) is 0 Å². The molecule has 0 amide bonds. The summed E-state index contributed by atoms with van der Waals surface area (Å²) in [5.41, 5.74) is 6.62. The average Bonchev–Trinajstić information content (AvgIpc) is 2.67. The van der Waals surface area contributed by atoms with Gasteiger partial charge in [-0.25, -0.2) is 14.8 Å². The molecule has 0 bridgehead atoms. The highest BCUT2D eigenvalue weighted by Crippen LogP contribution is 2.33. The highest BCUT2D eigenvalue weighted by Gasteiger charge is 2.20. The summed E-state index contributed by atoms with van der Waals surface area (Å²) >= 11 is 6.94. The van der Waals surface area contributed by atoms with Gasteiger partial charge in [0, 0.05) is 0 Å². The normalized spacial score (nSPS) is 10.8. The zero-order valence-electron chi connectivity index (χ0n) is 9.99. The second-order valence-corrected chi connectivity index (χ2v) is 4.88. The molecular weight excluding hydrogens is 274 g/mol. The van der Waals surface area contributed by atoms with Gasteiger partial charge in [-0.05, 0) is 19.4 Å². The molecule has 18 heavy (non-hydrogen) atoms. The van der Waals surface area contributed by atoms with Crippen molar-refractivity contribution in [1.82, 2.24) is 9.97 Å². The van der Waals surface area contributed by atoms with E-state index in [4.69, 9.17) is 22.1 Å². The Labute approximate surface area is 113 Å². The Morgan fingerprint density at radius 3 is 2.83 bits per heavy atom. The first-order chi connectivity index (χ1) is 8.58. The van der Waals surface area contributed by atoms with Crippen LogP contribution in [0.15, 0.2) is 0 Å². The SMILES string of the molecule is CCOC(=O)c1sc2nc(CCl)nc(N)c2c1C. The van der Waals surface area contributed by atoms with E-state index in [9.17, 15) is 4.79 Å². The zero-order chi connectivity index (χ0) is 13.3. The summed E-state index contributed by atoms with van der Waals surface area (Å²) < 4.78 is 4.99. The highest BCUT2D eigenvalue weighted by atomic mass is 35.5. The van der Waals surface area contributed by atoms with Crippen LogP contribution in [0.2, 0.25) is 0 Å². The van der Waals surface area contributed by atoms with Gasteiger partial charge in [0.05, 0.1) is 17.9 Å². The molecule has 0 fully saturated rings. The largest absolute Gasteiger partial charge is 0.462 e. The lowest BCUT2D eigenvalue weighted by atomic mass is 10.2. The van der Waals surface area contributed by atoms with Gasteiger partial charge in [-0.2, -0.15) is 0 Å². The molecule has 0 radical (unpaired) electrons. The molecule has 2 rings (SSSR count). The quantitative estimate of drug-likeness (QED) is 0.692. The molecule has 0 saturated carbocycles. The maximum absolute atomic E-state index is 11.8. The smallest absolute Gasteiger partial charge is 0.348 e. The van der Waals surface area contributed by atoms with Crippen LogP contribution in [0.4, 0.5) is 5.82 Å². The molecule has 0 atom stereocenters. The van der Waals surface area contributed by atoms with Crippen LogP contribution in [0.1, 0.15) is 28.0 Å². The van der Waals surface area contributed by atoms with E-state index in [0.29, 0.717) is 33.3 Å². The Morgan fingerprint density at radius 1 is 1.50 bits per heavy atom. The van der Waals surface area contributed by atoms with Gasteiger partial charge >= 0.3 is 5.97 Å². The van der Waals surface area contributed by atoms with Gasteiger partial charge in [-0.1, -0.05) is 0 Å². The maximum atomic E-state index is 11.8. The Balaban J connectivity index is 2.62. The lowest BCUT2D eigenvalue weighted by molar-refractivity contribution is 0.0531. The first kappa shape index (κ1) is 13.0. The number of hydrogen-bond donors (Lipinski definition) is 1. The Kier molecular flexibility index (Phi) is 3.68. The first-order valence-electron chi connectivity index (χ1n) is 5.37. The topological polar surface area (TPSA) is 78.1 Å². The molecule has 0 aromatic carbocycles. The third-order valence-electron chi connectivity index (χ3n) is 2.44. The summed E-state index contributed by atoms with van der Waals surface area (Å²) in [6.07, 6.45) is 0. The van der Waals surface area contributed by atoms with Crippen molar-refractivity contribution in [2.24, 2.45) is 0 Å². The van der Waals surface area contributed by atoms with Crippen LogP contribution in [0.3, 0.4) is 0 Å². The number of carbonyl (C=O) groups excluding carboxylic acids is 1. The predicted octanol–water partition coefficient (Wildman–Crippen LogP) is 2.50. The van der Waals surface area contributed by atoms with Crippen LogP contribution in [-0.4, -0.2) is 22.5 Å². The van der Waals surface area contributed by atoms with Gasteiger partial charge in [0.1, 0.15) is 21.3 Å². The molecule has 0 spiro atoms. The number of fused-ring (bicyclic) bond motifs is 1. The minimum Gasteiger partial charge on any atom is -0.462 e. The van der Waals surface area contributed by atoms with E-state index in [1.807, 2.05) is 6.92 Å². The van der Waals surface area contributed by atoms with Crippen LogP contribution < -0.4 is 5.73 Å². The summed E-state index contributed by atoms with van der Waals surface area (Å²) in [6, 6.07) is 0. The van der Waals surface area contributed by atoms with Crippen molar-refractivity contribution in [1.29, 1.82) is 0 Å². The number of nitrogens with zero attached hydrogens (tertiary/aromatic N) is 2. The third-order valence-corrected chi connectivity index (χ3v) is 3.85. The van der Waals surface area contributed by atoms with E-state index in [-0.39, 0.29) is 11.8 Å². The monoisotopic (exact) mass is 285 g/mol. The van der Waals surface area contributed by atoms with Crippen LogP contribution in [-0.2, 0) is 10.6 Å². The lowest BCUT2D eigenvalue weighted by Crippen LogP contribution is -2.03. The van der Waals surface area contributed by atoms with Gasteiger partial charge in [0.25, 0.3) is 0 Å². The summed E-state index contributed by atoms with van der Waals surface area (Å²) in [4.78, 5) is 21.3. The molecular formula is C11H12ClN3O2S. The van der Waals surface area contributed by atoms with Gasteiger partial charge in [0.15, 0.2) is 0 Å². The Bertz CT molecular complexity index is 612. The van der Waals surface area contributed by atoms with Gasteiger partial charge in [-0.15, -0.1) is 22.9 Å². The molecule has 0 aliphatic carbocycles. The van der Waals surface area contributed by atoms with E-state index in [1.165, 1.54) is 11.3 Å². The van der Waals surface area contributed by atoms with Crippen molar-refractivity contribution in [2.45, 2.75) is 19.7 Å². The summed E-state index contributed by atoms with van der Waals surface area (Å²) in [6.45, 7) is 3.91. The third kappa shape index (κ3) is 2.13. The van der Waals surface area contributed by atoms with Gasteiger partial charge in [-0.3, -0.25) is 0 Å². The molecule has 7 heteroatoms. The van der Waals surface area contributed by atoms with Crippen molar-refractivity contribution < 1.29 is 9.53 Å². The number of anilines is 1. The lowest BCUT2D eigenvalue weighted by Gasteiger charge is -2.00. The summed E-state index contributed by atoms with van der Waals surface area (Å²) in [5, 5.41) is 0.705. The number of ether oxygens (including phenoxy) is 1. The molecule has 2 N–H and O–H groups in total. The number of alkyl halides is 1. The Morgan fingerprint density at radius 2 is 2.22 bits per heavy atom. The molecule has 2 aromatic heterocycles. The fourth-order valence-electron chi connectivity index (χ4n) is 1.67. The number of nitrogen functional groups attached to an aromatic ring is 1. The van der Waals surface area contributed by atoms with Crippen molar-refractivity contribution in [2.75, 3.05) is 12.3 Å². The molecule has 0 saturated heterocycles. The number of thiophene rings is 1. The highest BCUT2D eigenvalue weighted by molar-refractivity contribution is 7.20. The number of halogens is 1. The maximum Gasteiger partial charge on any atom is 0.348 e. The molecule has 0 aliphatic rings. The number of aryl methyl sites for hydroxylation is 1. The van der Waals surface area contributed by atoms with Crippen LogP contribution in [0.5, 0.6) is 0 Å². The van der Waals surface area contributed by atoms with Gasteiger partial charge < -0.3 is 10.5 Å². The van der Waals surface area contributed by atoms with E-state index < -0.39 is 0 Å². The second-order valence-electron chi connectivity index (χ2n) is 3.62. The minimum absolute atomic E-state index is 0.186. The number of nitrogens with two attached hydrogens (primary N) is 1. The molecule has 96 valence electrons. The molecule has 5 nitrogen and oxygen atoms in total. The Hall–Kier alpha value is -1.40. The van der Waals surface area contributed by atoms with Crippen molar-refractivity contribution >= 4 is 44.9 Å². The standard InChI is InChI=1S/C11H12ClN3O2S/c1-3-17-11(16)8-5(2)7-9(13)14-6(4-12)15-10(7)18-8/h3-4H2,1-2H3,(H2,13,14,15). The van der Waals surface area contributed by atoms with E-state index in [1.54, 1.807) is 6.92 Å². The van der Waals surface area contributed by atoms with Crippen molar-refractivity contribution in [3.8, 4) is 0 Å². The molecule has 2 aromatic rings. The fraction of sp³-hybridized carbons (Fsp3) is 0.364. The van der Waals surface area contributed by atoms with E-state index in [0.717, 1.165) is 5.56 Å². The number of hydrogen-bond acceptors (Lipinski definition) is 6. The van der Waals surface area contributed by atoms with Crippen molar-refractivity contribution in [3.05, 3.63) is 16.3 Å². The number of carbonyl (C=O) groups is 1. The second kappa shape index (κ2) is 5.07. The van der Waals surface area contributed by atoms with E-state index in [2.05, 4.69) is 9.97 Å². The van der Waals surface area contributed by atoms with Crippen LogP contribution in [0.25, 0.3) is 10.2 Å². The number of rotatable bonds is 3. The molecule has 0 aliphatic heterocycles. The fourth-order valence-corrected chi connectivity index (χ4v) is 2.89. The van der Waals surface area contributed by atoms with Crippen molar-refractivity contribution in [3.63, 3.8) is 0 Å². The summed E-state index contributed by atoms with van der Waals surface area (Å²) in [7, 11) is 0. The predicted molar refractivity (Wildman–Crippen MR) is 72.1 cm³/mol. The zero-order valence-corrected chi connectivity index (χ0v) is 11.6. The molecule has 2 heterocycles. The average molecular weight is 286 g/mol. The van der Waals surface area contributed by atoms with Crippen LogP contribution >= 0.6 is 22.9 Å². The number of aromatic nitrogens is 2. The first-order valence-corrected chi connectivity index (χ1v) is 6.72. The van der Waals surface area contributed by atoms with E-state index >= 15 is 0 Å². The number of esters is 1. The summed E-state index contributed by atoms with van der Waals surface area (Å²) in [5.74, 6) is 0.634. The minimum atomic E-state index is -0.357. The van der Waals surface area contributed by atoms with Crippen LogP contribution in [0, 0.1) is 6.92 Å².